The molecule has 0 N–H and O–H groups in total. The van der Waals surface area contributed by atoms with Crippen LogP contribution in [0.3, 0.4) is 0 Å². The molecule has 0 bridgehead atoms. The largest absolute Gasteiger partial charge is 0.462 e. The van der Waals surface area contributed by atoms with Crippen LogP contribution in [0, 0.1) is 0 Å². The van der Waals surface area contributed by atoms with Gasteiger partial charge < -0.3 is 14.2 Å². The van der Waals surface area contributed by atoms with Gasteiger partial charge in [0.15, 0.2) is 6.10 Å². The van der Waals surface area contributed by atoms with Crippen LogP contribution >= 0.6 is 0 Å². The minimum absolute atomic E-state index is 0.0773. The second-order valence-electron chi connectivity index (χ2n) is 20.2. The van der Waals surface area contributed by atoms with Gasteiger partial charge in [-0.25, -0.2) is 0 Å². The van der Waals surface area contributed by atoms with E-state index < -0.39 is 6.10 Å². The molecule has 0 aromatic heterocycles. The van der Waals surface area contributed by atoms with E-state index in [1.807, 2.05) is 0 Å². The van der Waals surface area contributed by atoms with Gasteiger partial charge in [-0.15, -0.1) is 0 Å². The number of rotatable bonds is 55. The second-order valence-corrected chi connectivity index (χ2v) is 20.2. The molecule has 0 saturated heterocycles. The van der Waals surface area contributed by atoms with Crippen molar-refractivity contribution in [3.63, 3.8) is 0 Å². The Morgan fingerprint density at radius 1 is 0.296 bits per heavy atom. The summed E-state index contributed by atoms with van der Waals surface area (Å²) in [7, 11) is 0. The van der Waals surface area contributed by atoms with Crippen LogP contribution in [0.25, 0.3) is 0 Å². The van der Waals surface area contributed by atoms with Crippen molar-refractivity contribution in [1.82, 2.24) is 0 Å². The quantitative estimate of drug-likeness (QED) is 0.0261. The Hall–Kier alpha value is -3.15. The van der Waals surface area contributed by atoms with Gasteiger partial charge in [0.05, 0.1) is 0 Å². The molecule has 0 aromatic rings. The number of esters is 3. The Bertz CT molecular complexity index is 1320. The van der Waals surface area contributed by atoms with E-state index in [4.69, 9.17) is 14.2 Å². The van der Waals surface area contributed by atoms with Crippen molar-refractivity contribution in [3.8, 4) is 0 Å². The summed E-state index contributed by atoms with van der Waals surface area (Å²) in [4.78, 5) is 37.7. The highest BCUT2D eigenvalue weighted by molar-refractivity contribution is 5.71. The van der Waals surface area contributed by atoms with Crippen LogP contribution in [0.5, 0.6) is 0 Å². The van der Waals surface area contributed by atoms with Gasteiger partial charge in [-0.2, -0.15) is 0 Å². The van der Waals surface area contributed by atoms with Crippen molar-refractivity contribution in [2.75, 3.05) is 13.2 Å². The maximum absolute atomic E-state index is 12.7. The summed E-state index contributed by atoms with van der Waals surface area (Å²) in [6, 6.07) is 0. The number of carbonyl (C=O) groups excluding carboxylic acids is 3. The van der Waals surface area contributed by atoms with E-state index in [1.165, 1.54) is 141 Å². The molecule has 0 aliphatic heterocycles. The van der Waals surface area contributed by atoms with Gasteiger partial charge in [-0.1, -0.05) is 273 Å². The Labute approximate surface area is 440 Å². The molecule has 0 rings (SSSR count). The van der Waals surface area contributed by atoms with Crippen molar-refractivity contribution in [1.29, 1.82) is 0 Å². The Balaban J connectivity index is 3.86. The Kier molecular flexibility index (Phi) is 56.8. The monoisotopic (exact) mass is 991 g/mol. The molecule has 0 amide bonds. The topological polar surface area (TPSA) is 78.9 Å². The van der Waals surface area contributed by atoms with E-state index in [9.17, 15) is 14.4 Å². The molecule has 410 valence electrons. The molecule has 0 heterocycles. The molecular weight excluding hydrogens is 877 g/mol. The molecule has 0 saturated carbocycles. The van der Waals surface area contributed by atoms with Crippen LogP contribution in [0.2, 0.25) is 0 Å². The molecule has 1 unspecified atom stereocenters. The SMILES string of the molecule is CC/C=C\C/C=C\C/C=C\C/C=C\CCCCCCCCCCCCCCCCCCCCCCCCC(=O)OCC(COC(=O)CCCCCCC)OC(=O)CCCCCCC/C=C\C/C=C\CCC. The van der Waals surface area contributed by atoms with E-state index in [0.717, 1.165) is 122 Å². The fourth-order valence-electron chi connectivity index (χ4n) is 8.65. The van der Waals surface area contributed by atoms with Crippen molar-refractivity contribution in [2.24, 2.45) is 0 Å². The van der Waals surface area contributed by atoms with Gasteiger partial charge in [0, 0.05) is 19.3 Å². The smallest absolute Gasteiger partial charge is 0.306 e. The number of unbranched alkanes of at least 4 members (excludes halogenated alkanes) is 32. The normalized spacial score (nSPS) is 12.5. The predicted octanol–water partition coefficient (Wildman–Crippen LogP) is 20.5. The lowest BCUT2D eigenvalue weighted by Crippen LogP contribution is -2.30. The lowest BCUT2D eigenvalue weighted by Gasteiger charge is -2.18. The number of hydrogen-bond donors (Lipinski definition) is 0. The average molecular weight is 992 g/mol. The number of allylic oxidation sites excluding steroid dienone is 12. The van der Waals surface area contributed by atoms with Crippen LogP contribution in [0.4, 0.5) is 0 Å². The zero-order valence-electron chi connectivity index (χ0n) is 47.0. The first-order chi connectivity index (χ1) is 35.0. The lowest BCUT2D eigenvalue weighted by molar-refractivity contribution is -0.167. The molecule has 0 aromatic carbocycles. The van der Waals surface area contributed by atoms with Crippen LogP contribution in [0.15, 0.2) is 72.9 Å². The molecule has 0 radical (unpaired) electrons. The predicted molar refractivity (Wildman–Crippen MR) is 307 cm³/mol. The van der Waals surface area contributed by atoms with Crippen LogP contribution in [-0.2, 0) is 28.6 Å². The minimum atomic E-state index is -0.775. The highest BCUT2D eigenvalue weighted by Crippen LogP contribution is 2.17. The molecule has 0 aliphatic carbocycles. The standard InChI is InChI=1S/C65H114O6/c1-4-7-10-13-15-17-19-21-22-23-24-25-26-27-28-29-30-31-32-33-34-35-36-37-38-39-40-41-42-44-45-47-49-52-55-58-64(67)70-61-62(60-69-63(66)57-54-51-12-9-6-3)71-65(68)59-56-53-50-48-46-43-20-18-16-14-11-8-5-2/h7,10-11,14-15,17-18,20-22,24-25,62H,4-6,8-9,12-13,16,19,23,26-61H2,1-3H3/b10-7-,14-11-,17-15-,20-18-,22-21-,25-24-. The average Bonchev–Trinajstić information content (AvgIpc) is 3.37. The molecule has 0 aliphatic rings. The molecule has 1 atom stereocenters. The number of carbonyl (C=O) groups is 3. The van der Waals surface area contributed by atoms with E-state index in [2.05, 4.69) is 93.7 Å². The van der Waals surface area contributed by atoms with Crippen molar-refractivity contribution >= 4 is 17.9 Å². The summed E-state index contributed by atoms with van der Waals surface area (Å²) >= 11 is 0. The molecule has 0 fully saturated rings. The van der Waals surface area contributed by atoms with Crippen LogP contribution in [0.1, 0.15) is 303 Å². The van der Waals surface area contributed by atoms with Gasteiger partial charge in [-0.05, 0) is 83.5 Å². The molecule has 0 spiro atoms. The summed E-state index contributed by atoms with van der Waals surface area (Å²) < 4.78 is 16.7. The number of ether oxygens (including phenoxy) is 3. The van der Waals surface area contributed by atoms with E-state index >= 15 is 0 Å². The minimum Gasteiger partial charge on any atom is -0.462 e. The first-order valence-corrected chi connectivity index (χ1v) is 30.4. The van der Waals surface area contributed by atoms with E-state index in [1.54, 1.807) is 0 Å². The van der Waals surface area contributed by atoms with Crippen molar-refractivity contribution in [2.45, 2.75) is 309 Å². The van der Waals surface area contributed by atoms with Crippen LogP contribution < -0.4 is 0 Å². The van der Waals surface area contributed by atoms with Gasteiger partial charge in [0.25, 0.3) is 0 Å². The summed E-state index contributed by atoms with van der Waals surface area (Å²) in [5.74, 6) is -0.897. The zero-order valence-corrected chi connectivity index (χ0v) is 47.0. The maximum atomic E-state index is 12.7. The van der Waals surface area contributed by atoms with Gasteiger partial charge >= 0.3 is 17.9 Å². The fourth-order valence-corrected chi connectivity index (χ4v) is 8.65. The Morgan fingerprint density at radius 3 is 0.915 bits per heavy atom. The highest BCUT2D eigenvalue weighted by atomic mass is 16.6. The van der Waals surface area contributed by atoms with Gasteiger partial charge in [0.2, 0.25) is 0 Å². The number of hydrogen-bond acceptors (Lipinski definition) is 6. The second kappa shape index (κ2) is 59.4. The maximum Gasteiger partial charge on any atom is 0.306 e. The first-order valence-electron chi connectivity index (χ1n) is 30.4. The third-order valence-corrected chi connectivity index (χ3v) is 13.2. The molecule has 71 heavy (non-hydrogen) atoms. The molecular formula is C65H114O6. The van der Waals surface area contributed by atoms with Crippen molar-refractivity contribution < 1.29 is 28.6 Å². The molecule has 6 nitrogen and oxygen atoms in total. The fraction of sp³-hybridized carbons (Fsp3) is 0.769. The third-order valence-electron chi connectivity index (χ3n) is 13.2. The first kappa shape index (κ1) is 67.8. The Morgan fingerprint density at radius 2 is 0.577 bits per heavy atom. The molecule has 6 heteroatoms. The third kappa shape index (κ3) is 57.6. The zero-order chi connectivity index (χ0) is 51.4. The summed E-state index contributed by atoms with van der Waals surface area (Å²) in [5.41, 5.74) is 0. The highest BCUT2D eigenvalue weighted by Gasteiger charge is 2.19. The van der Waals surface area contributed by atoms with Crippen molar-refractivity contribution in [3.05, 3.63) is 72.9 Å². The van der Waals surface area contributed by atoms with Crippen LogP contribution in [-0.4, -0.2) is 37.2 Å². The van der Waals surface area contributed by atoms with E-state index in [0.29, 0.717) is 19.3 Å². The van der Waals surface area contributed by atoms with Gasteiger partial charge in [0.1, 0.15) is 13.2 Å². The lowest BCUT2D eigenvalue weighted by atomic mass is 10.0. The van der Waals surface area contributed by atoms with Gasteiger partial charge in [-0.3, -0.25) is 14.4 Å². The summed E-state index contributed by atoms with van der Waals surface area (Å²) in [6.45, 7) is 6.38. The summed E-state index contributed by atoms with van der Waals surface area (Å²) in [6.07, 6.45) is 76.9. The van der Waals surface area contributed by atoms with E-state index in [-0.39, 0.29) is 31.1 Å². The summed E-state index contributed by atoms with van der Waals surface area (Å²) in [5, 5.41) is 0.